The van der Waals surface area contributed by atoms with E-state index < -0.39 is 0 Å². The lowest BCUT2D eigenvalue weighted by Crippen LogP contribution is -2.25. The number of hydrogen-bond donors (Lipinski definition) is 0. The van der Waals surface area contributed by atoms with Crippen molar-refractivity contribution in [1.29, 1.82) is 0 Å². The Labute approximate surface area is 116 Å². The summed E-state index contributed by atoms with van der Waals surface area (Å²) in [4.78, 5) is 6.64. The molecule has 0 aromatic carbocycles. The molecule has 2 heterocycles. The second-order valence-corrected chi connectivity index (χ2v) is 5.68. The molecule has 0 bridgehead atoms. The van der Waals surface area contributed by atoms with E-state index in [-0.39, 0.29) is 0 Å². The lowest BCUT2D eigenvalue weighted by Gasteiger charge is -2.26. The minimum absolute atomic E-state index is 0.524. The molecule has 2 aromatic rings. The molecule has 2 nitrogen and oxygen atoms in total. The zero-order valence-electron chi connectivity index (χ0n) is 10.1. The normalized spacial score (nSPS) is 14.7. The van der Waals surface area contributed by atoms with Crippen LogP contribution in [0.25, 0.3) is 0 Å². The summed E-state index contributed by atoms with van der Waals surface area (Å²) in [7, 11) is 0. The molecular formula is C14H15ClN2S. The summed E-state index contributed by atoms with van der Waals surface area (Å²) in [6.07, 6.45) is 6.31. The first kappa shape index (κ1) is 12.0. The van der Waals surface area contributed by atoms with Gasteiger partial charge in [0.1, 0.15) is 0 Å². The molecule has 0 unspecified atom stereocenters. The van der Waals surface area contributed by atoms with Gasteiger partial charge in [0.2, 0.25) is 0 Å². The van der Waals surface area contributed by atoms with Crippen LogP contribution in [0.1, 0.15) is 24.0 Å². The Morgan fingerprint density at radius 1 is 1.39 bits per heavy atom. The monoisotopic (exact) mass is 278 g/mol. The molecule has 18 heavy (non-hydrogen) atoms. The highest BCUT2D eigenvalue weighted by molar-refractivity contribution is 7.07. The van der Waals surface area contributed by atoms with E-state index in [1.54, 1.807) is 11.3 Å². The van der Waals surface area contributed by atoms with Crippen molar-refractivity contribution >= 4 is 28.6 Å². The summed E-state index contributed by atoms with van der Waals surface area (Å²) in [5.41, 5.74) is 3.75. The molecule has 0 radical (unpaired) electrons. The van der Waals surface area contributed by atoms with Gasteiger partial charge in [0.15, 0.2) is 0 Å². The van der Waals surface area contributed by atoms with Crippen LogP contribution in [-0.4, -0.2) is 11.0 Å². The number of hydrogen-bond acceptors (Lipinski definition) is 3. The van der Waals surface area contributed by atoms with Crippen LogP contribution in [0.2, 0.25) is 0 Å². The van der Waals surface area contributed by atoms with Crippen molar-refractivity contribution in [3.8, 4) is 0 Å². The quantitative estimate of drug-likeness (QED) is 0.767. The molecule has 0 atom stereocenters. The molecule has 0 N–H and O–H groups in total. The standard InChI is InChI=1S/C14H15ClN2S/c15-7-12-8-16-5-3-14(12)17(13-1-2-13)9-11-4-6-18-10-11/h3-6,8,10,13H,1-2,7,9H2. The third-order valence-electron chi connectivity index (χ3n) is 3.25. The fourth-order valence-corrected chi connectivity index (χ4v) is 3.05. The minimum Gasteiger partial charge on any atom is -0.364 e. The minimum atomic E-state index is 0.524. The maximum Gasteiger partial charge on any atom is 0.0509 e. The average Bonchev–Trinajstić information content (AvgIpc) is 3.13. The molecule has 1 fully saturated rings. The van der Waals surface area contributed by atoms with Gasteiger partial charge in [0.25, 0.3) is 0 Å². The van der Waals surface area contributed by atoms with Crippen LogP contribution >= 0.6 is 22.9 Å². The van der Waals surface area contributed by atoms with Crippen LogP contribution in [0.5, 0.6) is 0 Å². The molecule has 0 spiro atoms. The predicted octanol–water partition coefficient (Wildman–Crippen LogP) is 4.05. The van der Waals surface area contributed by atoms with Gasteiger partial charge in [-0.15, -0.1) is 11.6 Å². The van der Waals surface area contributed by atoms with E-state index in [9.17, 15) is 0 Å². The van der Waals surface area contributed by atoms with Crippen LogP contribution in [0.3, 0.4) is 0 Å². The van der Waals surface area contributed by atoms with Crippen LogP contribution in [-0.2, 0) is 12.4 Å². The van der Waals surface area contributed by atoms with Crippen molar-refractivity contribution in [2.24, 2.45) is 0 Å². The largest absolute Gasteiger partial charge is 0.364 e. The Bertz CT molecular complexity index is 508. The van der Waals surface area contributed by atoms with Crippen molar-refractivity contribution in [1.82, 2.24) is 4.98 Å². The first-order chi connectivity index (χ1) is 8.88. The summed E-state index contributed by atoms with van der Waals surface area (Å²) in [6.45, 7) is 0.974. The fourth-order valence-electron chi connectivity index (χ4n) is 2.18. The Balaban J connectivity index is 1.89. The fraction of sp³-hybridized carbons (Fsp3) is 0.357. The predicted molar refractivity (Wildman–Crippen MR) is 77.3 cm³/mol. The third kappa shape index (κ3) is 2.52. The number of nitrogens with zero attached hydrogens (tertiary/aromatic N) is 2. The molecule has 4 heteroatoms. The van der Waals surface area contributed by atoms with Crippen LogP contribution in [0.4, 0.5) is 5.69 Å². The molecule has 1 aliphatic carbocycles. The maximum absolute atomic E-state index is 6.02. The number of thiophene rings is 1. The van der Waals surface area contributed by atoms with Gasteiger partial charge in [0, 0.05) is 36.2 Å². The molecule has 1 aliphatic rings. The second kappa shape index (κ2) is 5.29. The lowest BCUT2D eigenvalue weighted by molar-refractivity contribution is 0.791. The van der Waals surface area contributed by atoms with Crippen molar-refractivity contribution in [3.05, 3.63) is 46.4 Å². The van der Waals surface area contributed by atoms with E-state index in [0.717, 1.165) is 12.1 Å². The lowest BCUT2D eigenvalue weighted by atomic mass is 10.2. The Kier molecular flexibility index (Phi) is 3.52. The van der Waals surface area contributed by atoms with E-state index in [0.29, 0.717) is 11.9 Å². The number of halogens is 1. The van der Waals surface area contributed by atoms with E-state index in [2.05, 4.69) is 32.8 Å². The summed E-state index contributed by atoms with van der Waals surface area (Å²) in [5.74, 6) is 0.524. The third-order valence-corrected chi connectivity index (χ3v) is 4.27. The van der Waals surface area contributed by atoms with Gasteiger partial charge in [-0.05, 0) is 41.3 Å². The topological polar surface area (TPSA) is 16.1 Å². The number of aromatic nitrogens is 1. The van der Waals surface area contributed by atoms with Gasteiger partial charge >= 0.3 is 0 Å². The van der Waals surface area contributed by atoms with Gasteiger partial charge in [-0.2, -0.15) is 11.3 Å². The van der Waals surface area contributed by atoms with Gasteiger partial charge in [-0.25, -0.2) is 0 Å². The van der Waals surface area contributed by atoms with Gasteiger partial charge in [0.05, 0.1) is 5.88 Å². The molecule has 1 saturated carbocycles. The van der Waals surface area contributed by atoms with E-state index in [1.807, 2.05) is 12.4 Å². The number of alkyl halides is 1. The highest BCUT2D eigenvalue weighted by atomic mass is 35.5. The number of pyridine rings is 1. The first-order valence-electron chi connectivity index (χ1n) is 6.15. The highest BCUT2D eigenvalue weighted by Gasteiger charge is 2.30. The van der Waals surface area contributed by atoms with Crippen LogP contribution in [0, 0.1) is 0 Å². The average molecular weight is 279 g/mol. The Morgan fingerprint density at radius 2 is 2.28 bits per heavy atom. The Morgan fingerprint density at radius 3 is 2.94 bits per heavy atom. The van der Waals surface area contributed by atoms with E-state index in [1.165, 1.54) is 24.1 Å². The highest BCUT2D eigenvalue weighted by Crippen LogP contribution is 2.35. The van der Waals surface area contributed by atoms with E-state index in [4.69, 9.17) is 11.6 Å². The molecule has 0 aliphatic heterocycles. The van der Waals surface area contributed by atoms with E-state index >= 15 is 0 Å². The zero-order chi connectivity index (χ0) is 12.4. The summed E-state index contributed by atoms with van der Waals surface area (Å²) in [6, 6.07) is 4.96. The molecular weight excluding hydrogens is 264 g/mol. The van der Waals surface area contributed by atoms with Gasteiger partial charge < -0.3 is 4.90 Å². The summed E-state index contributed by atoms with van der Waals surface area (Å²) >= 11 is 7.77. The summed E-state index contributed by atoms with van der Waals surface area (Å²) in [5, 5.41) is 4.35. The SMILES string of the molecule is ClCc1cnccc1N(Cc1ccsc1)C1CC1. The maximum atomic E-state index is 6.02. The van der Waals surface area contributed by atoms with Crippen LogP contribution in [0.15, 0.2) is 35.3 Å². The zero-order valence-corrected chi connectivity index (χ0v) is 11.6. The Hall–Kier alpha value is -1.06. The van der Waals surface area contributed by atoms with Crippen molar-refractivity contribution in [3.63, 3.8) is 0 Å². The first-order valence-corrected chi connectivity index (χ1v) is 7.63. The van der Waals surface area contributed by atoms with Crippen LogP contribution < -0.4 is 4.90 Å². The molecule has 0 amide bonds. The van der Waals surface area contributed by atoms with Crippen molar-refractivity contribution in [2.45, 2.75) is 31.3 Å². The van der Waals surface area contributed by atoms with Gasteiger partial charge in [-0.3, -0.25) is 4.98 Å². The molecule has 3 rings (SSSR count). The van der Waals surface area contributed by atoms with Crippen molar-refractivity contribution in [2.75, 3.05) is 4.90 Å². The number of rotatable bonds is 5. The second-order valence-electron chi connectivity index (χ2n) is 4.63. The molecule has 0 saturated heterocycles. The molecule has 94 valence electrons. The van der Waals surface area contributed by atoms with Gasteiger partial charge in [-0.1, -0.05) is 0 Å². The summed E-state index contributed by atoms with van der Waals surface area (Å²) < 4.78 is 0. The van der Waals surface area contributed by atoms with Crippen molar-refractivity contribution < 1.29 is 0 Å². The molecule has 2 aromatic heterocycles. The smallest absolute Gasteiger partial charge is 0.0509 e. The number of anilines is 1.